The standard InChI is InChI=1S/C12H12O4/c1-6(2)4-5-8-7(3)9(13)11(15)12(16)10(8)14/h4-5,15-16H,1H2,2-3H3. The molecule has 1 rings (SSSR count). The van der Waals surface area contributed by atoms with Gasteiger partial charge in [0.25, 0.3) is 0 Å². The van der Waals surface area contributed by atoms with Crippen LogP contribution in [0.25, 0.3) is 0 Å². The van der Waals surface area contributed by atoms with E-state index < -0.39 is 23.1 Å². The first-order valence-electron chi connectivity index (χ1n) is 4.62. The molecule has 0 saturated carbocycles. The zero-order valence-electron chi connectivity index (χ0n) is 9.07. The highest BCUT2D eigenvalue weighted by molar-refractivity contribution is 6.24. The Morgan fingerprint density at radius 2 is 1.69 bits per heavy atom. The van der Waals surface area contributed by atoms with E-state index in [1.165, 1.54) is 13.0 Å². The number of Topliss-reactive ketones (excluding diaryl/α,β-unsaturated/α-hetero) is 2. The minimum absolute atomic E-state index is 0.0725. The Morgan fingerprint density at radius 1 is 1.19 bits per heavy atom. The van der Waals surface area contributed by atoms with Crippen LogP contribution in [-0.2, 0) is 9.59 Å². The first-order valence-corrected chi connectivity index (χ1v) is 4.62. The van der Waals surface area contributed by atoms with Crippen LogP contribution in [0.2, 0.25) is 0 Å². The predicted octanol–water partition coefficient (Wildman–Crippen LogP) is 1.91. The molecule has 4 nitrogen and oxygen atoms in total. The molecule has 0 radical (unpaired) electrons. The van der Waals surface area contributed by atoms with Crippen molar-refractivity contribution in [3.8, 4) is 0 Å². The number of allylic oxidation sites excluding steroid dienone is 5. The van der Waals surface area contributed by atoms with Gasteiger partial charge in [0.2, 0.25) is 23.1 Å². The maximum Gasteiger partial charge on any atom is 0.231 e. The fraction of sp³-hybridized carbons (Fsp3) is 0.167. The van der Waals surface area contributed by atoms with E-state index in [2.05, 4.69) is 6.58 Å². The minimum Gasteiger partial charge on any atom is -0.501 e. The van der Waals surface area contributed by atoms with Crippen molar-refractivity contribution < 1.29 is 19.8 Å². The summed E-state index contributed by atoms with van der Waals surface area (Å²) in [5, 5.41) is 18.4. The van der Waals surface area contributed by atoms with Crippen molar-refractivity contribution in [2.24, 2.45) is 0 Å². The highest BCUT2D eigenvalue weighted by Crippen LogP contribution is 2.22. The van der Waals surface area contributed by atoms with Crippen LogP contribution in [0.15, 0.2) is 47.0 Å². The Morgan fingerprint density at radius 3 is 2.19 bits per heavy atom. The summed E-state index contributed by atoms with van der Waals surface area (Å²) >= 11 is 0. The van der Waals surface area contributed by atoms with Gasteiger partial charge in [-0.05, 0) is 13.8 Å². The van der Waals surface area contributed by atoms with Crippen LogP contribution in [-0.4, -0.2) is 21.8 Å². The number of aliphatic hydroxyl groups is 2. The van der Waals surface area contributed by atoms with E-state index in [0.29, 0.717) is 5.57 Å². The molecule has 0 unspecified atom stereocenters. The molecule has 2 N–H and O–H groups in total. The number of hydrogen-bond acceptors (Lipinski definition) is 4. The summed E-state index contributed by atoms with van der Waals surface area (Å²) in [4.78, 5) is 22.9. The average Bonchev–Trinajstić information content (AvgIpc) is 2.23. The molecular formula is C12H12O4. The van der Waals surface area contributed by atoms with Crippen LogP contribution in [0, 0.1) is 0 Å². The van der Waals surface area contributed by atoms with E-state index in [1.54, 1.807) is 13.0 Å². The first-order chi connectivity index (χ1) is 7.36. The molecule has 1 aliphatic carbocycles. The van der Waals surface area contributed by atoms with Gasteiger partial charge in [-0.25, -0.2) is 0 Å². The van der Waals surface area contributed by atoms with E-state index in [-0.39, 0.29) is 11.1 Å². The summed E-state index contributed by atoms with van der Waals surface area (Å²) < 4.78 is 0. The first kappa shape index (κ1) is 12.0. The van der Waals surface area contributed by atoms with E-state index in [0.717, 1.165) is 0 Å². The molecule has 0 bridgehead atoms. The summed E-state index contributed by atoms with van der Waals surface area (Å²) in [5.41, 5.74) is 0.889. The van der Waals surface area contributed by atoms with E-state index in [4.69, 9.17) is 5.11 Å². The number of hydrogen-bond donors (Lipinski definition) is 2. The molecule has 1 aliphatic rings. The van der Waals surface area contributed by atoms with Gasteiger partial charge in [0.15, 0.2) is 0 Å². The molecule has 0 atom stereocenters. The third kappa shape index (κ3) is 1.95. The zero-order valence-corrected chi connectivity index (χ0v) is 9.07. The fourth-order valence-electron chi connectivity index (χ4n) is 1.24. The number of rotatable bonds is 2. The summed E-state index contributed by atoms with van der Waals surface area (Å²) in [6.07, 6.45) is 2.96. The van der Waals surface area contributed by atoms with Gasteiger partial charge in [-0.2, -0.15) is 0 Å². The SMILES string of the molecule is C=C(C)C=CC1=C(C)C(=O)C(O)=C(O)C1=O. The van der Waals surface area contributed by atoms with Crippen molar-refractivity contribution >= 4 is 11.6 Å². The summed E-state index contributed by atoms with van der Waals surface area (Å²) in [6.45, 7) is 6.76. The lowest BCUT2D eigenvalue weighted by Crippen LogP contribution is -2.22. The molecule has 0 saturated heterocycles. The molecule has 0 fully saturated rings. The van der Waals surface area contributed by atoms with Crippen molar-refractivity contribution in [2.75, 3.05) is 0 Å². The highest BCUT2D eigenvalue weighted by atomic mass is 16.3. The van der Waals surface area contributed by atoms with Crippen LogP contribution >= 0.6 is 0 Å². The number of carbonyl (C=O) groups is 2. The molecular weight excluding hydrogens is 208 g/mol. The van der Waals surface area contributed by atoms with Crippen molar-refractivity contribution in [2.45, 2.75) is 13.8 Å². The van der Waals surface area contributed by atoms with E-state index in [9.17, 15) is 14.7 Å². The molecule has 0 heterocycles. The Labute approximate surface area is 92.9 Å². The van der Waals surface area contributed by atoms with Crippen LogP contribution < -0.4 is 0 Å². The molecule has 16 heavy (non-hydrogen) atoms. The molecule has 4 heteroatoms. The summed E-state index contributed by atoms with van der Waals surface area (Å²) in [5.74, 6) is -3.29. The van der Waals surface area contributed by atoms with Crippen LogP contribution in [0.1, 0.15) is 13.8 Å². The lowest BCUT2D eigenvalue weighted by Gasteiger charge is -2.13. The predicted molar refractivity (Wildman–Crippen MR) is 59.0 cm³/mol. The summed E-state index contributed by atoms with van der Waals surface area (Å²) in [6, 6.07) is 0. The molecule has 0 aromatic carbocycles. The second kappa shape index (κ2) is 4.18. The Hall–Kier alpha value is -2.10. The second-order valence-electron chi connectivity index (χ2n) is 3.57. The molecule has 0 aliphatic heterocycles. The molecule has 0 aromatic rings. The Balaban J connectivity index is 3.24. The topological polar surface area (TPSA) is 74.6 Å². The average molecular weight is 220 g/mol. The smallest absolute Gasteiger partial charge is 0.231 e. The number of aliphatic hydroxyl groups excluding tert-OH is 2. The van der Waals surface area contributed by atoms with Crippen LogP contribution in [0.3, 0.4) is 0 Å². The van der Waals surface area contributed by atoms with Crippen LogP contribution in [0.5, 0.6) is 0 Å². The number of carbonyl (C=O) groups excluding carboxylic acids is 2. The quantitative estimate of drug-likeness (QED) is 0.550. The largest absolute Gasteiger partial charge is 0.501 e. The van der Waals surface area contributed by atoms with Gasteiger partial charge in [0, 0.05) is 11.1 Å². The van der Waals surface area contributed by atoms with Gasteiger partial charge < -0.3 is 10.2 Å². The lowest BCUT2D eigenvalue weighted by atomic mass is 9.93. The summed E-state index contributed by atoms with van der Waals surface area (Å²) in [7, 11) is 0. The second-order valence-corrected chi connectivity index (χ2v) is 3.57. The molecule has 0 aromatic heterocycles. The van der Waals surface area contributed by atoms with Crippen molar-refractivity contribution in [1.29, 1.82) is 0 Å². The number of ketones is 2. The fourth-order valence-corrected chi connectivity index (χ4v) is 1.24. The minimum atomic E-state index is -0.906. The van der Waals surface area contributed by atoms with Crippen LogP contribution in [0.4, 0.5) is 0 Å². The van der Waals surface area contributed by atoms with Gasteiger partial charge in [-0.15, -0.1) is 0 Å². The van der Waals surface area contributed by atoms with Gasteiger partial charge >= 0.3 is 0 Å². The third-order valence-electron chi connectivity index (χ3n) is 2.18. The monoisotopic (exact) mass is 220 g/mol. The van der Waals surface area contributed by atoms with Gasteiger partial charge in [0.1, 0.15) is 0 Å². The van der Waals surface area contributed by atoms with Gasteiger partial charge in [-0.1, -0.05) is 24.3 Å². The zero-order chi connectivity index (χ0) is 12.5. The molecule has 0 spiro atoms. The maximum absolute atomic E-state index is 11.5. The molecule has 0 amide bonds. The van der Waals surface area contributed by atoms with Crippen molar-refractivity contribution in [3.05, 3.63) is 47.0 Å². The van der Waals surface area contributed by atoms with Crippen molar-refractivity contribution in [3.63, 3.8) is 0 Å². The van der Waals surface area contributed by atoms with Gasteiger partial charge in [0.05, 0.1) is 0 Å². The van der Waals surface area contributed by atoms with Gasteiger partial charge in [-0.3, -0.25) is 9.59 Å². The lowest BCUT2D eigenvalue weighted by molar-refractivity contribution is -0.120. The maximum atomic E-state index is 11.5. The Bertz CT molecular complexity index is 475. The van der Waals surface area contributed by atoms with Crippen molar-refractivity contribution in [1.82, 2.24) is 0 Å². The molecule has 84 valence electrons. The normalized spacial score (nSPS) is 17.6. The third-order valence-corrected chi connectivity index (χ3v) is 2.18. The Kier molecular flexibility index (Phi) is 3.13. The highest BCUT2D eigenvalue weighted by Gasteiger charge is 2.31. The van der Waals surface area contributed by atoms with E-state index >= 15 is 0 Å². The van der Waals surface area contributed by atoms with E-state index in [1.807, 2.05) is 0 Å².